The van der Waals surface area contributed by atoms with Gasteiger partial charge in [0.05, 0.1) is 4.92 Å². The summed E-state index contributed by atoms with van der Waals surface area (Å²) >= 11 is 0. The second kappa shape index (κ2) is 4.11. The molecular formula is C7H3F5N2O3. The second-order valence-corrected chi connectivity index (χ2v) is 2.87. The number of aromatic amines is 1. The number of nitro groups is 1. The summed E-state index contributed by atoms with van der Waals surface area (Å²) in [6, 6.07) is -0.135. The van der Waals surface area contributed by atoms with Crippen molar-refractivity contribution >= 4 is 5.69 Å². The Labute approximate surface area is 89.0 Å². The summed E-state index contributed by atoms with van der Waals surface area (Å²) in [6.45, 7) is 0. The van der Waals surface area contributed by atoms with Crippen LogP contribution in [0.2, 0.25) is 0 Å². The molecular weight excluding hydrogens is 255 g/mol. The summed E-state index contributed by atoms with van der Waals surface area (Å²) in [4.78, 5) is 20.9. The van der Waals surface area contributed by atoms with Crippen LogP contribution in [0, 0.1) is 10.1 Å². The van der Waals surface area contributed by atoms with Crippen molar-refractivity contribution in [2.24, 2.45) is 0 Å². The first-order valence-electron chi connectivity index (χ1n) is 3.91. The molecule has 1 rings (SSSR count). The number of nitrogens with one attached hydrogen (secondary N) is 1. The van der Waals surface area contributed by atoms with E-state index in [-0.39, 0.29) is 6.07 Å². The van der Waals surface area contributed by atoms with E-state index >= 15 is 0 Å². The van der Waals surface area contributed by atoms with E-state index in [4.69, 9.17) is 0 Å². The molecule has 0 atom stereocenters. The smallest absolute Gasteiger partial charge is 0.344 e. The average molecular weight is 258 g/mol. The first-order chi connectivity index (χ1) is 7.64. The number of aromatic nitrogens is 1. The highest BCUT2D eigenvalue weighted by molar-refractivity contribution is 5.37. The van der Waals surface area contributed by atoms with E-state index in [0.717, 1.165) is 4.98 Å². The normalized spacial score (nSPS) is 11.9. The molecule has 1 heterocycles. The van der Waals surface area contributed by atoms with Gasteiger partial charge in [-0.3, -0.25) is 14.9 Å². The monoisotopic (exact) mass is 258 g/mol. The highest BCUT2D eigenvalue weighted by Crippen LogP contribution is 2.31. The summed E-state index contributed by atoms with van der Waals surface area (Å²) in [6.07, 6.45) is -8.66. The molecule has 1 N–H and O–H groups in total. The summed E-state index contributed by atoms with van der Waals surface area (Å²) in [5.41, 5.74) is -6.73. The number of nitrogens with zero attached hydrogens (tertiary/aromatic N) is 1. The Morgan fingerprint density at radius 3 is 2.24 bits per heavy atom. The van der Waals surface area contributed by atoms with E-state index in [1.807, 2.05) is 0 Å². The molecule has 0 aliphatic heterocycles. The molecule has 94 valence electrons. The maximum atomic E-state index is 12.3. The van der Waals surface area contributed by atoms with Gasteiger partial charge in [0.25, 0.3) is 11.9 Å². The highest BCUT2D eigenvalue weighted by Gasteiger charge is 2.36. The van der Waals surface area contributed by atoms with Crippen LogP contribution in [0.3, 0.4) is 0 Å². The number of hydrogen-bond donors (Lipinski definition) is 1. The third-order valence-electron chi connectivity index (χ3n) is 1.74. The van der Waals surface area contributed by atoms with E-state index in [2.05, 4.69) is 0 Å². The van der Waals surface area contributed by atoms with Crippen molar-refractivity contribution in [3.63, 3.8) is 0 Å². The largest absolute Gasteiger partial charge is 0.431 e. The molecule has 0 radical (unpaired) electrons. The summed E-state index contributed by atoms with van der Waals surface area (Å²) < 4.78 is 61.1. The SMILES string of the molecule is O=c1cc(C(F)(F)F)[nH]c(C(F)F)c1[N+](=O)[O-]. The first-order valence-corrected chi connectivity index (χ1v) is 3.91. The first kappa shape index (κ1) is 13.1. The molecule has 0 spiro atoms. The van der Waals surface area contributed by atoms with Crippen molar-refractivity contribution in [2.75, 3.05) is 0 Å². The predicted octanol–water partition coefficient (Wildman–Crippen LogP) is 2.24. The fourth-order valence-corrected chi connectivity index (χ4v) is 1.07. The van der Waals surface area contributed by atoms with Crippen molar-refractivity contribution in [1.82, 2.24) is 4.98 Å². The number of alkyl halides is 5. The standard InChI is InChI=1S/C7H3F5N2O3/c8-6(9)4-5(14(16)17)2(15)1-3(13-4)7(10,11)12/h1,6H,(H,13,15). The summed E-state index contributed by atoms with van der Waals surface area (Å²) in [7, 11) is 0. The number of rotatable bonds is 2. The number of H-pyrrole nitrogens is 1. The zero-order chi connectivity index (χ0) is 13.4. The van der Waals surface area contributed by atoms with Gasteiger partial charge < -0.3 is 4.98 Å². The van der Waals surface area contributed by atoms with Gasteiger partial charge in [0.15, 0.2) is 5.69 Å². The molecule has 0 unspecified atom stereocenters. The van der Waals surface area contributed by atoms with Crippen LogP contribution >= 0.6 is 0 Å². The second-order valence-electron chi connectivity index (χ2n) is 2.87. The maximum absolute atomic E-state index is 12.3. The Bertz CT molecular complexity index is 507. The Kier molecular flexibility index (Phi) is 3.16. The van der Waals surface area contributed by atoms with Gasteiger partial charge in [-0.25, -0.2) is 8.78 Å². The van der Waals surface area contributed by atoms with Crippen molar-refractivity contribution in [3.8, 4) is 0 Å². The van der Waals surface area contributed by atoms with Crippen molar-refractivity contribution in [1.29, 1.82) is 0 Å². The molecule has 0 aromatic carbocycles. The molecule has 0 amide bonds. The fourth-order valence-electron chi connectivity index (χ4n) is 1.07. The van der Waals surface area contributed by atoms with Gasteiger partial charge in [-0.2, -0.15) is 13.2 Å². The van der Waals surface area contributed by atoms with Gasteiger partial charge in [-0.1, -0.05) is 0 Å². The van der Waals surface area contributed by atoms with E-state index < -0.39 is 40.0 Å². The van der Waals surface area contributed by atoms with Gasteiger partial charge in [-0.05, 0) is 0 Å². The Morgan fingerprint density at radius 2 is 1.88 bits per heavy atom. The minimum Gasteiger partial charge on any atom is -0.344 e. The molecule has 1 aromatic rings. The average Bonchev–Trinajstić information content (AvgIpc) is 2.13. The zero-order valence-electron chi connectivity index (χ0n) is 7.72. The van der Waals surface area contributed by atoms with E-state index in [1.54, 1.807) is 0 Å². The molecule has 0 bridgehead atoms. The minimum atomic E-state index is -5.07. The molecule has 0 saturated carbocycles. The summed E-state index contributed by atoms with van der Waals surface area (Å²) in [5, 5.41) is 10.3. The van der Waals surface area contributed by atoms with Crippen LogP contribution in [-0.4, -0.2) is 9.91 Å². The predicted molar refractivity (Wildman–Crippen MR) is 43.7 cm³/mol. The van der Waals surface area contributed by atoms with E-state index in [1.165, 1.54) is 0 Å². The lowest BCUT2D eigenvalue weighted by Crippen LogP contribution is -2.19. The molecule has 0 saturated heterocycles. The number of hydrogen-bond acceptors (Lipinski definition) is 3. The van der Waals surface area contributed by atoms with Gasteiger partial charge in [0, 0.05) is 6.07 Å². The molecule has 0 aliphatic carbocycles. The van der Waals surface area contributed by atoms with Crippen molar-refractivity contribution < 1.29 is 26.9 Å². The molecule has 0 aliphatic rings. The van der Waals surface area contributed by atoms with E-state index in [0.29, 0.717) is 0 Å². The third-order valence-corrected chi connectivity index (χ3v) is 1.74. The van der Waals surface area contributed by atoms with Gasteiger partial charge in [0.1, 0.15) is 5.69 Å². The Hall–Kier alpha value is -2.00. The molecule has 17 heavy (non-hydrogen) atoms. The van der Waals surface area contributed by atoms with Gasteiger partial charge >= 0.3 is 11.9 Å². The van der Waals surface area contributed by atoms with Crippen LogP contribution < -0.4 is 5.43 Å². The Balaban J connectivity index is 3.59. The van der Waals surface area contributed by atoms with Crippen molar-refractivity contribution in [2.45, 2.75) is 12.6 Å². The lowest BCUT2D eigenvalue weighted by Gasteiger charge is -2.08. The van der Waals surface area contributed by atoms with Crippen LogP contribution in [0.4, 0.5) is 27.6 Å². The molecule has 0 fully saturated rings. The molecule has 1 aromatic heterocycles. The van der Waals surface area contributed by atoms with Crippen molar-refractivity contribution in [3.05, 3.63) is 37.8 Å². The van der Waals surface area contributed by atoms with Crippen LogP contribution in [-0.2, 0) is 6.18 Å². The van der Waals surface area contributed by atoms with Gasteiger partial charge in [-0.15, -0.1) is 0 Å². The third kappa shape index (κ3) is 2.57. The van der Waals surface area contributed by atoms with Gasteiger partial charge in [0.2, 0.25) is 0 Å². The number of halogens is 5. The van der Waals surface area contributed by atoms with Crippen LogP contribution in [0.25, 0.3) is 0 Å². The molecule has 10 heteroatoms. The van der Waals surface area contributed by atoms with Crippen LogP contribution in [0.5, 0.6) is 0 Å². The van der Waals surface area contributed by atoms with Crippen LogP contribution in [0.1, 0.15) is 17.8 Å². The topological polar surface area (TPSA) is 76.0 Å². The zero-order valence-corrected chi connectivity index (χ0v) is 7.72. The lowest BCUT2D eigenvalue weighted by atomic mass is 10.2. The van der Waals surface area contributed by atoms with E-state index in [9.17, 15) is 36.9 Å². The summed E-state index contributed by atoms with van der Waals surface area (Å²) in [5.74, 6) is 0. The molecule has 5 nitrogen and oxygen atoms in total. The quantitative estimate of drug-likeness (QED) is 0.502. The number of pyridine rings is 1. The fraction of sp³-hybridized carbons (Fsp3) is 0.286. The highest BCUT2D eigenvalue weighted by atomic mass is 19.4. The maximum Gasteiger partial charge on any atom is 0.431 e. The lowest BCUT2D eigenvalue weighted by molar-refractivity contribution is -0.387. The Morgan fingerprint density at radius 1 is 1.35 bits per heavy atom. The van der Waals surface area contributed by atoms with Crippen LogP contribution in [0.15, 0.2) is 10.9 Å². The minimum absolute atomic E-state index is 0.135.